The maximum Gasteiger partial charge on any atom is 0.318 e. The molecule has 1 fully saturated rings. The lowest BCUT2D eigenvalue weighted by Crippen LogP contribution is -2.40. The number of carbonyl (C=O) groups is 2. The van der Waals surface area contributed by atoms with Gasteiger partial charge in [-0.2, -0.15) is 0 Å². The summed E-state index contributed by atoms with van der Waals surface area (Å²) in [5, 5.41) is 0. The largest absolute Gasteiger partial charge is 0.393 e. The number of cyclic esters (lactones) is 2. The summed E-state index contributed by atoms with van der Waals surface area (Å²) in [6.07, 6.45) is 4.61. The third kappa shape index (κ3) is 3.80. The first-order valence-electron chi connectivity index (χ1n) is 9.21. The van der Waals surface area contributed by atoms with Gasteiger partial charge in [-0.05, 0) is 35.5 Å². The Morgan fingerprint density at radius 1 is 0.870 bits per heavy atom. The SMILES string of the molecule is CCCC(C)(CC)C1C(=O)OC(=O)C1CC(C)(C)C(C)(C)CC. The van der Waals surface area contributed by atoms with Crippen molar-refractivity contribution >= 4 is 11.9 Å². The van der Waals surface area contributed by atoms with E-state index in [1.54, 1.807) is 0 Å². The molecule has 0 saturated carbocycles. The fraction of sp³-hybridized carbons (Fsp3) is 0.900. The van der Waals surface area contributed by atoms with E-state index in [0.717, 1.165) is 25.7 Å². The first kappa shape index (κ1) is 20.2. The molecule has 1 aliphatic heterocycles. The monoisotopic (exact) mass is 324 g/mol. The van der Waals surface area contributed by atoms with E-state index in [1.807, 2.05) is 0 Å². The minimum Gasteiger partial charge on any atom is -0.393 e. The van der Waals surface area contributed by atoms with Gasteiger partial charge in [-0.25, -0.2) is 0 Å². The van der Waals surface area contributed by atoms with Crippen LogP contribution in [0.3, 0.4) is 0 Å². The van der Waals surface area contributed by atoms with Crippen LogP contribution in [0.25, 0.3) is 0 Å². The Labute approximate surface area is 142 Å². The molecular formula is C20H36O3. The van der Waals surface area contributed by atoms with E-state index in [-0.39, 0.29) is 40.0 Å². The number of esters is 2. The Morgan fingerprint density at radius 3 is 1.87 bits per heavy atom. The van der Waals surface area contributed by atoms with Crippen molar-refractivity contribution in [3.8, 4) is 0 Å². The van der Waals surface area contributed by atoms with E-state index < -0.39 is 0 Å². The van der Waals surface area contributed by atoms with E-state index in [0.29, 0.717) is 6.42 Å². The zero-order chi connectivity index (χ0) is 18.1. The second-order valence-corrected chi connectivity index (χ2v) is 8.91. The smallest absolute Gasteiger partial charge is 0.318 e. The van der Waals surface area contributed by atoms with Gasteiger partial charge in [0.05, 0.1) is 11.8 Å². The van der Waals surface area contributed by atoms with Crippen molar-refractivity contribution in [3.63, 3.8) is 0 Å². The van der Waals surface area contributed by atoms with Gasteiger partial charge < -0.3 is 4.74 Å². The van der Waals surface area contributed by atoms with Crippen LogP contribution in [0, 0.1) is 28.1 Å². The molecule has 0 spiro atoms. The second-order valence-electron chi connectivity index (χ2n) is 8.91. The average Bonchev–Trinajstić information content (AvgIpc) is 2.73. The fourth-order valence-corrected chi connectivity index (χ4v) is 3.94. The molecule has 0 aromatic carbocycles. The minimum atomic E-state index is -0.309. The van der Waals surface area contributed by atoms with Crippen molar-refractivity contribution in [2.24, 2.45) is 28.1 Å². The quantitative estimate of drug-likeness (QED) is 0.445. The van der Waals surface area contributed by atoms with Gasteiger partial charge in [0.25, 0.3) is 0 Å². The average molecular weight is 325 g/mol. The predicted molar refractivity (Wildman–Crippen MR) is 93.9 cm³/mol. The standard InChI is InChI=1S/C20H36O3/c1-9-12-20(8,11-3)15-14(16(21)23-17(15)22)13-19(6,7)18(4,5)10-2/h14-15H,9-13H2,1-8H3. The first-order valence-corrected chi connectivity index (χ1v) is 9.21. The van der Waals surface area contributed by atoms with Gasteiger partial charge in [0.2, 0.25) is 0 Å². The molecule has 3 heteroatoms. The van der Waals surface area contributed by atoms with Gasteiger partial charge in [-0.15, -0.1) is 0 Å². The van der Waals surface area contributed by atoms with Crippen LogP contribution in [-0.2, 0) is 14.3 Å². The molecular weight excluding hydrogens is 288 g/mol. The Hall–Kier alpha value is -0.860. The van der Waals surface area contributed by atoms with Crippen molar-refractivity contribution < 1.29 is 14.3 Å². The molecule has 1 rings (SSSR count). The lowest BCUT2D eigenvalue weighted by atomic mass is 9.59. The van der Waals surface area contributed by atoms with Crippen LogP contribution < -0.4 is 0 Å². The van der Waals surface area contributed by atoms with Crippen molar-refractivity contribution in [1.82, 2.24) is 0 Å². The van der Waals surface area contributed by atoms with Gasteiger partial charge in [-0.3, -0.25) is 9.59 Å². The van der Waals surface area contributed by atoms with Crippen LogP contribution in [0.15, 0.2) is 0 Å². The highest BCUT2D eigenvalue weighted by Gasteiger charge is 2.54. The summed E-state index contributed by atoms with van der Waals surface area (Å²) in [5.41, 5.74) is -0.0822. The highest BCUT2D eigenvalue weighted by Crippen LogP contribution is 2.52. The number of hydrogen-bond donors (Lipinski definition) is 0. The molecule has 1 heterocycles. The molecule has 3 atom stereocenters. The highest BCUT2D eigenvalue weighted by atomic mass is 16.6. The van der Waals surface area contributed by atoms with Crippen LogP contribution in [-0.4, -0.2) is 11.9 Å². The molecule has 0 aromatic rings. The number of ether oxygens (including phenoxy) is 1. The van der Waals surface area contributed by atoms with Crippen molar-refractivity contribution in [1.29, 1.82) is 0 Å². The van der Waals surface area contributed by atoms with Gasteiger partial charge in [-0.1, -0.05) is 68.2 Å². The van der Waals surface area contributed by atoms with E-state index >= 15 is 0 Å². The molecule has 3 unspecified atom stereocenters. The van der Waals surface area contributed by atoms with Crippen molar-refractivity contribution in [2.75, 3.05) is 0 Å². The van der Waals surface area contributed by atoms with Crippen LogP contribution >= 0.6 is 0 Å². The molecule has 0 aliphatic carbocycles. The van der Waals surface area contributed by atoms with Crippen LogP contribution in [0.1, 0.15) is 87.5 Å². The molecule has 134 valence electrons. The summed E-state index contributed by atoms with van der Waals surface area (Å²) in [7, 11) is 0. The molecule has 3 nitrogen and oxygen atoms in total. The summed E-state index contributed by atoms with van der Waals surface area (Å²) >= 11 is 0. The molecule has 1 saturated heterocycles. The third-order valence-electron chi connectivity index (χ3n) is 6.99. The van der Waals surface area contributed by atoms with E-state index in [9.17, 15) is 9.59 Å². The Morgan fingerprint density at radius 2 is 1.43 bits per heavy atom. The molecule has 1 aliphatic rings. The molecule has 0 aromatic heterocycles. The zero-order valence-electron chi connectivity index (χ0n) is 16.4. The first-order chi connectivity index (χ1) is 10.5. The summed E-state index contributed by atoms with van der Waals surface area (Å²) in [4.78, 5) is 24.8. The van der Waals surface area contributed by atoms with Crippen LogP contribution in [0.5, 0.6) is 0 Å². The van der Waals surface area contributed by atoms with Crippen molar-refractivity contribution in [3.05, 3.63) is 0 Å². The Balaban J connectivity index is 3.16. The summed E-state index contributed by atoms with van der Waals surface area (Å²) in [6, 6.07) is 0. The van der Waals surface area contributed by atoms with Gasteiger partial charge in [0.1, 0.15) is 0 Å². The number of rotatable bonds is 8. The lowest BCUT2D eigenvalue weighted by Gasteiger charge is -2.44. The topological polar surface area (TPSA) is 43.4 Å². The Bertz CT molecular complexity index is 450. The third-order valence-corrected chi connectivity index (χ3v) is 6.99. The maximum atomic E-state index is 12.4. The normalized spacial score (nSPS) is 25.4. The maximum absolute atomic E-state index is 12.4. The molecule has 0 radical (unpaired) electrons. The molecule has 0 amide bonds. The number of hydrogen-bond acceptors (Lipinski definition) is 3. The molecule has 0 bridgehead atoms. The van der Waals surface area contributed by atoms with E-state index in [2.05, 4.69) is 55.4 Å². The lowest BCUT2D eigenvalue weighted by molar-refractivity contribution is -0.154. The summed E-state index contributed by atoms with van der Waals surface area (Å²) < 4.78 is 5.10. The van der Waals surface area contributed by atoms with E-state index in [1.165, 1.54) is 0 Å². The van der Waals surface area contributed by atoms with E-state index in [4.69, 9.17) is 4.74 Å². The van der Waals surface area contributed by atoms with Gasteiger partial charge >= 0.3 is 11.9 Å². The molecule has 23 heavy (non-hydrogen) atoms. The zero-order valence-corrected chi connectivity index (χ0v) is 16.4. The van der Waals surface area contributed by atoms with Gasteiger partial charge in [0, 0.05) is 0 Å². The minimum absolute atomic E-state index is 0.0326. The van der Waals surface area contributed by atoms with Crippen molar-refractivity contribution in [2.45, 2.75) is 87.5 Å². The molecule has 0 N–H and O–H groups in total. The predicted octanol–water partition coefficient (Wildman–Crippen LogP) is 5.37. The summed E-state index contributed by atoms with van der Waals surface area (Å²) in [5.74, 6) is -1.22. The number of carbonyl (C=O) groups excluding carboxylic acids is 2. The van der Waals surface area contributed by atoms with Crippen LogP contribution in [0.4, 0.5) is 0 Å². The van der Waals surface area contributed by atoms with Crippen LogP contribution in [0.2, 0.25) is 0 Å². The van der Waals surface area contributed by atoms with Gasteiger partial charge in [0.15, 0.2) is 0 Å². The summed E-state index contributed by atoms with van der Waals surface area (Å²) in [6.45, 7) is 17.5. The fourth-order valence-electron chi connectivity index (χ4n) is 3.94. The second kappa shape index (κ2) is 6.94. The highest BCUT2D eigenvalue weighted by molar-refractivity contribution is 5.97. The Kier molecular flexibility index (Phi) is 6.09.